The highest BCUT2D eigenvalue weighted by Crippen LogP contribution is 2.30. The first kappa shape index (κ1) is 22.4. The zero-order chi connectivity index (χ0) is 22.5. The van der Waals surface area contributed by atoms with Crippen molar-refractivity contribution < 1.29 is 19.1 Å². The molecule has 3 aromatic rings. The fourth-order valence-electron chi connectivity index (χ4n) is 3.96. The van der Waals surface area contributed by atoms with Gasteiger partial charge in [-0.15, -0.1) is 0 Å². The molecule has 1 fully saturated rings. The number of aliphatic hydroxyl groups excluding tert-OH is 1. The number of hydrogen-bond donors (Lipinski definition) is 2. The largest absolute Gasteiger partial charge is 0.491 e. The first-order chi connectivity index (χ1) is 15.5. The van der Waals surface area contributed by atoms with Crippen LogP contribution in [0.4, 0.5) is 0 Å². The van der Waals surface area contributed by atoms with Crippen LogP contribution >= 0.6 is 0 Å². The summed E-state index contributed by atoms with van der Waals surface area (Å²) in [5.41, 5.74) is 4.33. The molecular formula is C24H30N4O4. The van der Waals surface area contributed by atoms with Crippen LogP contribution in [0.25, 0.3) is 22.6 Å². The molecule has 1 aliphatic heterocycles. The first-order valence-corrected chi connectivity index (χ1v) is 11.0. The molecule has 170 valence electrons. The SMILES string of the molecule is CNCC(O)COc1cccc(-c2nc(CC3CCOC3)cc(-c3c(C)noc3C)n2)c1. The van der Waals surface area contributed by atoms with Gasteiger partial charge in [0.15, 0.2) is 5.82 Å². The summed E-state index contributed by atoms with van der Waals surface area (Å²) in [6, 6.07) is 9.67. The number of hydrogen-bond acceptors (Lipinski definition) is 8. The number of aromatic nitrogens is 3. The summed E-state index contributed by atoms with van der Waals surface area (Å²) in [4.78, 5) is 9.72. The highest BCUT2D eigenvalue weighted by molar-refractivity contribution is 5.67. The van der Waals surface area contributed by atoms with Crippen molar-refractivity contribution in [2.45, 2.75) is 32.8 Å². The Bertz CT molecular complexity index is 1030. The Hall–Kier alpha value is -2.81. The highest BCUT2D eigenvalue weighted by atomic mass is 16.5. The van der Waals surface area contributed by atoms with Gasteiger partial charge in [0, 0.05) is 31.0 Å². The van der Waals surface area contributed by atoms with Gasteiger partial charge in [0.25, 0.3) is 0 Å². The standard InChI is InChI=1S/C24H30N4O4/c1-15-23(16(2)32-28-15)22-11-19(9-17-7-8-30-13-17)26-24(27-22)18-5-4-6-21(10-18)31-14-20(29)12-25-3/h4-6,10-11,17,20,25,29H,7-9,12-14H2,1-3H3. The van der Waals surface area contributed by atoms with E-state index in [4.69, 9.17) is 24.0 Å². The van der Waals surface area contributed by atoms with E-state index in [2.05, 4.69) is 10.5 Å². The van der Waals surface area contributed by atoms with Crippen LogP contribution in [0.1, 0.15) is 23.6 Å². The number of nitrogens with one attached hydrogen (secondary N) is 1. The van der Waals surface area contributed by atoms with Crippen LogP contribution in [-0.2, 0) is 11.2 Å². The van der Waals surface area contributed by atoms with Crippen molar-refractivity contribution in [3.05, 3.63) is 47.5 Å². The maximum Gasteiger partial charge on any atom is 0.160 e. The molecule has 1 aromatic carbocycles. The van der Waals surface area contributed by atoms with E-state index in [1.807, 2.05) is 44.2 Å². The minimum atomic E-state index is -0.581. The van der Waals surface area contributed by atoms with E-state index < -0.39 is 6.10 Å². The van der Waals surface area contributed by atoms with Crippen LogP contribution in [0.5, 0.6) is 5.75 Å². The van der Waals surface area contributed by atoms with Crippen molar-refractivity contribution in [1.29, 1.82) is 0 Å². The summed E-state index contributed by atoms with van der Waals surface area (Å²) < 4.78 is 16.7. The van der Waals surface area contributed by atoms with Gasteiger partial charge in [-0.3, -0.25) is 0 Å². The molecule has 1 saturated heterocycles. The van der Waals surface area contributed by atoms with E-state index >= 15 is 0 Å². The lowest BCUT2D eigenvalue weighted by molar-refractivity contribution is 0.108. The van der Waals surface area contributed by atoms with Gasteiger partial charge in [-0.2, -0.15) is 0 Å². The Morgan fingerprint density at radius 2 is 2.12 bits per heavy atom. The molecule has 2 N–H and O–H groups in total. The number of ether oxygens (including phenoxy) is 2. The van der Waals surface area contributed by atoms with Crippen LogP contribution in [0.15, 0.2) is 34.9 Å². The summed E-state index contributed by atoms with van der Waals surface area (Å²) in [7, 11) is 1.79. The Morgan fingerprint density at radius 3 is 2.84 bits per heavy atom. The van der Waals surface area contributed by atoms with Gasteiger partial charge in [-0.1, -0.05) is 17.3 Å². The first-order valence-electron chi connectivity index (χ1n) is 11.0. The smallest absolute Gasteiger partial charge is 0.160 e. The van der Waals surface area contributed by atoms with Crippen LogP contribution in [0.2, 0.25) is 0 Å². The van der Waals surface area contributed by atoms with E-state index in [9.17, 15) is 5.11 Å². The molecule has 2 atom stereocenters. The topological polar surface area (TPSA) is 103 Å². The number of aliphatic hydroxyl groups is 1. The third kappa shape index (κ3) is 5.32. The average Bonchev–Trinajstić information content (AvgIpc) is 3.41. The third-order valence-electron chi connectivity index (χ3n) is 5.56. The minimum absolute atomic E-state index is 0.206. The van der Waals surface area contributed by atoms with Gasteiger partial charge in [0.05, 0.1) is 17.0 Å². The van der Waals surface area contributed by atoms with Crippen molar-refractivity contribution >= 4 is 0 Å². The molecule has 8 nitrogen and oxygen atoms in total. The highest BCUT2D eigenvalue weighted by Gasteiger charge is 2.20. The lowest BCUT2D eigenvalue weighted by atomic mass is 10.0. The third-order valence-corrected chi connectivity index (χ3v) is 5.56. The van der Waals surface area contributed by atoms with Crippen LogP contribution in [0, 0.1) is 19.8 Å². The Balaban J connectivity index is 1.66. The molecule has 0 bridgehead atoms. The van der Waals surface area contributed by atoms with E-state index in [0.29, 0.717) is 24.0 Å². The zero-order valence-electron chi connectivity index (χ0n) is 18.8. The van der Waals surface area contributed by atoms with Crippen LogP contribution in [0.3, 0.4) is 0 Å². The van der Waals surface area contributed by atoms with Crippen molar-refractivity contribution in [3.63, 3.8) is 0 Å². The molecule has 0 saturated carbocycles. The average molecular weight is 439 g/mol. The maximum atomic E-state index is 9.93. The van der Waals surface area contributed by atoms with Crippen molar-refractivity contribution in [2.24, 2.45) is 5.92 Å². The summed E-state index contributed by atoms with van der Waals surface area (Å²) >= 11 is 0. The molecule has 0 aliphatic carbocycles. The Kier molecular flexibility index (Phi) is 7.14. The molecular weight excluding hydrogens is 408 g/mol. The summed E-state index contributed by atoms with van der Waals surface area (Å²) in [5.74, 6) is 2.48. The van der Waals surface area contributed by atoms with E-state index in [1.54, 1.807) is 7.05 Å². The molecule has 3 heterocycles. The van der Waals surface area contributed by atoms with Gasteiger partial charge in [-0.05, 0) is 57.9 Å². The Labute approximate surface area is 188 Å². The lowest BCUT2D eigenvalue weighted by Gasteiger charge is -2.13. The predicted octanol–water partition coefficient (Wildman–Crippen LogP) is 2.95. The van der Waals surface area contributed by atoms with Gasteiger partial charge >= 0.3 is 0 Å². The van der Waals surface area contributed by atoms with Crippen LogP contribution < -0.4 is 10.1 Å². The number of benzene rings is 1. The second-order valence-corrected chi connectivity index (χ2v) is 8.25. The second kappa shape index (κ2) is 10.2. The molecule has 2 unspecified atom stereocenters. The Morgan fingerprint density at radius 1 is 1.25 bits per heavy atom. The molecule has 0 radical (unpaired) electrons. The fourth-order valence-corrected chi connectivity index (χ4v) is 3.96. The molecule has 2 aromatic heterocycles. The lowest BCUT2D eigenvalue weighted by Crippen LogP contribution is -2.29. The van der Waals surface area contributed by atoms with Crippen LogP contribution in [-0.4, -0.2) is 59.7 Å². The summed E-state index contributed by atoms with van der Waals surface area (Å²) in [6.45, 7) is 6.06. The number of rotatable bonds is 9. The van der Waals surface area contributed by atoms with Crippen molar-refractivity contribution in [3.8, 4) is 28.4 Å². The van der Waals surface area contributed by atoms with E-state index in [1.165, 1.54) is 0 Å². The van der Waals surface area contributed by atoms with Gasteiger partial charge in [0.2, 0.25) is 0 Å². The van der Waals surface area contributed by atoms with Gasteiger partial charge in [0.1, 0.15) is 24.2 Å². The molecule has 1 aliphatic rings. The number of nitrogens with zero attached hydrogens (tertiary/aromatic N) is 3. The predicted molar refractivity (Wildman–Crippen MR) is 120 cm³/mol. The molecule has 8 heteroatoms. The van der Waals surface area contributed by atoms with Crippen molar-refractivity contribution in [2.75, 3.05) is 33.4 Å². The normalized spacial score (nSPS) is 16.9. The quantitative estimate of drug-likeness (QED) is 0.526. The second-order valence-electron chi connectivity index (χ2n) is 8.25. The van der Waals surface area contributed by atoms with Gasteiger partial charge in [-0.25, -0.2) is 9.97 Å². The number of aryl methyl sites for hydroxylation is 2. The van der Waals surface area contributed by atoms with E-state index in [0.717, 1.165) is 60.0 Å². The van der Waals surface area contributed by atoms with Gasteiger partial charge < -0.3 is 24.4 Å². The molecule has 0 spiro atoms. The summed E-state index contributed by atoms with van der Waals surface area (Å²) in [5, 5.41) is 17.0. The fraction of sp³-hybridized carbons (Fsp3) is 0.458. The van der Waals surface area contributed by atoms with E-state index in [-0.39, 0.29) is 6.61 Å². The van der Waals surface area contributed by atoms with Crippen molar-refractivity contribution in [1.82, 2.24) is 20.4 Å². The zero-order valence-corrected chi connectivity index (χ0v) is 18.8. The molecule has 4 rings (SSSR count). The molecule has 32 heavy (non-hydrogen) atoms. The molecule has 0 amide bonds. The minimum Gasteiger partial charge on any atom is -0.491 e. The number of likely N-dealkylation sites (N-methyl/N-ethyl adjacent to an activating group) is 1. The summed E-state index contributed by atoms with van der Waals surface area (Å²) in [6.07, 6.45) is 1.29. The maximum absolute atomic E-state index is 9.93. The monoisotopic (exact) mass is 438 g/mol.